The number of carbonyl (C=O) groups is 1. The molecule has 16 heavy (non-hydrogen) atoms. The standard InChI is InChI=1S/C10H12BrN3OS/c1-2-5-12-10-13-8(9(15)14-10)6-3-4-7(11)16-6/h3-4,8H,2,5H2,1H3,(H2,12,13,14,15). The molecule has 6 heteroatoms. The van der Waals surface area contributed by atoms with Crippen LogP contribution >= 0.6 is 27.3 Å². The smallest absolute Gasteiger partial charge is 0.254 e. The summed E-state index contributed by atoms with van der Waals surface area (Å²) in [5.41, 5.74) is 0. The maximum absolute atomic E-state index is 11.7. The number of guanidine groups is 1. The first-order valence-electron chi connectivity index (χ1n) is 5.08. The SMILES string of the molecule is CCCN=C1NC(=O)C(c2ccc(Br)s2)N1. The molecule has 1 aromatic rings. The van der Waals surface area contributed by atoms with Crippen LogP contribution in [0.1, 0.15) is 24.3 Å². The summed E-state index contributed by atoms with van der Waals surface area (Å²) in [6, 6.07) is 3.58. The van der Waals surface area contributed by atoms with Gasteiger partial charge < -0.3 is 5.32 Å². The van der Waals surface area contributed by atoms with Gasteiger partial charge in [-0.05, 0) is 34.5 Å². The lowest BCUT2D eigenvalue weighted by molar-refractivity contribution is -0.120. The number of amides is 1. The molecule has 1 fully saturated rings. The minimum atomic E-state index is -0.299. The Bertz CT molecular complexity index is 429. The lowest BCUT2D eigenvalue weighted by Gasteiger charge is -2.03. The van der Waals surface area contributed by atoms with Crippen LogP contribution in [-0.2, 0) is 4.79 Å². The second-order valence-corrected chi connectivity index (χ2v) is 5.93. The molecule has 0 radical (unpaired) electrons. The van der Waals surface area contributed by atoms with Gasteiger partial charge in [0.25, 0.3) is 5.91 Å². The van der Waals surface area contributed by atoms with E-state index in [-0.39, 0.29) is 11.9 Å². The summed E-state index contributed by atoms with van der Waals surface area (Å²) >= 11 is 4.94. The number of rotatable bonds is 3. The van der Waals surface area contributed by atoms with E-state index in [0.717, 1.165) is 21.6 Å². The average Bonchev–Trinajstić information content (AvgIpc) is 2.82. The molecule has 2 heterocycles. The Morgan fingerprint density at radius 1 is 1.56 bits per heavy atom. The van der Waals surface area contributed by atoms with Crippen LogP contribution in [0.4, 0.5) is 0 Å². The van der Waals surface area contributed by atoms with Crippen LogP contribution in [0, 0.1) is 0 Å². The number of hydrogen-bond donors (Lipinski definition) is 2. The highest BCUT2D eigenvalue weighted by Gasteiger charge is 2.30. The van der Waals surface area contributed by atoms with Crippen molar-refractivity contribution in [3.05, 3.63) is 20.8 Å². The molecule has 2 N–H and O–H groups in total. The highest BCUT2D eigenvalue weighted by Crippen LogP contribution is 2.28. The van der Waals surface area contributed by atoms with Crippen molar-refractivity contribution in [1.82, 2.24) is 10.6 Å². The van der Waals surface area contributed by atoms with Gasteiger partial charge in [0.15, 0.2) is 5.96 Å². The van der Waals surface area contributed by atoms with Crippen LogP contribution < -0.4 is 10.6 Å². The summed E-state index contributed by atoms with van der Waals surface area (Å²) in [6.45, 7) is 2.78. The van der Waals surface area contributed by atoms with E-state index in [9.17, 15) is 4.79 Å². The molecule has 1 unspecified atom stereocenters. The van der Waals surface area contributed by atoms with E-state index in [1.165, 1.54) is 0 Å². The van der Waals surface area contributed by atoms with E-state index in [1.807, 2.05) is 12.1 Å². The topological polar surface area (TPSA) is 53.5 Å². The molecule has 1 aliphatic rings. The minimum absolute atomic E-state index is 0.0378. The Kier molecular flexibility index (Phi) is 3.60. The van der Waals surface area contributed by atoms with Gasteiger partial charge in [0.1, 0.15) is 6.04 Å². The summed E-state index contributed by atoms with van der Waals surface area (Å²) in [4.78, 5) is 16.9. The summed E-state index contributed by atoms with van der Waals surface area (Å²) in [5, 5.41) is 5.82. The Labute approximate surface area is 106 Å². The molecule has 1 aliphatic heterocycles. The predicted molar refractivity (Wildman–Crippen MR) is 68.6 cm³/mol. The fourth-order valence-electron chi connectivity index (χ4n) is 1.42. The molecule has 1 atom stereocenters. The largest absolute Gasteiger partial charge is 0.340 e. The molecule has 1 amide bonds. The van der Waals surface area contributed by atoms with Crippen molar-refractivity contribution >= 4 is 39.1 Å². The van der Waals surface area contributed by atoms with E-state index in [2.05, 4.69) is 38.5 Å². The van der Waals surface area contributed by atoms with Crippen LogP contribution in [0.25, 0.3) is 0 Å². The lowest BCUT2D eigenvalue weighted by Crippen LogP contribution is -2.25. The van der Waals surface area contributed by atoms with Gasteiger partial charge in [-0.3, -0.25) is 15.1 Å². The number of nitrogens with zero attached hydrogens (tertiary/aromatic N) is 1. The lowest BCUT2D eigenvalue weighted by atomic mass is 10.2. The van der Waals surface area contributed by atoms with E-state index >= 15 is 0 Å². The summed E-state index contributed by atoms with van der Waals surface area (Å²) in [5.74, 6) is 0.547. The van der Waals surface area contributed by atoms with Gasteiger partial charge in [0.2, 0.25) is 0 Å². The molecule has 86 valence electrons. The van der Waals surface area contributed by atoms with Gasteiger partial charge >= 0.3 is 0 Å². The molecule has 4 nitrogen and oxygen atoms in total. The molecular formula is C10H12BrN3OS. The first-order chi connectivity index (χ1) is 7.70. The zero-order chi connectivity index (χ0) is 11.5. The second kappa shape index (κ2) is 4.97. The van der Waals surface area contributed by atoms with Crippen molar-refractivity contribution in [2.75, 3.05) is 6.54 Å². The van der Waals surface area contributed by atoms with Gasteiger partial charge in [-0.15, -0.1) is 11.3 Å². The predicted octanol–water partition coefficient (Wildman–Crippen LogP) is 2.04. The Morgan fingerprint density at radius 3 is 3.00 bits per heavy atom. The molecule has 1 aromatic heterocycles. The van der Waals surface area contributed by atoms with Crippen LogP contribution in [0.15, 0.2) is 20.9 Å². The van der Waals surface area contributed by atoms with Gasteiger partial charge in [0, 0.05) is 11.4 Å². The maximum Gasteiger partial charge on any atom is 0.254 e. The highest BCUT2D eigenvalue weighted by molar-refractivity contribution is 9.11. The fourth-order valence-corrected chi connectivity index (χ4v) is 2.89. The third-order valence-corrected chi connectivity index (χ3v) is 3.85. The van der Waals surface area contributed by atoms with Crippen molar-refractivity contribution in [2.45, 2.75) is 19.4 Å². The number of halogens is 1. The van der Waals surface area contributed by atoms with Crippen LogP contribution in [0.5, 0.6) is 0 Å². The van der Waals surface area contributed by atoms with Crippen molar-refractivity contribution in [3.8, 4) is 0 Å². The average molecular weight is 302 g/mol. The third kappa shape index (κ3) is 2.44. The van der Waals surface area contributed by atoms with Gasteiger partial charge in [-0.25, -0.2) is 0 Å². The van der Waals surface area contributed by atoms with Crippen molar-refractivity contribution < 1.29 is 4.79 Å². The van der Waals surface area contributed by atoms with E-state index in [4.69, 9.17) is 0 Å². The zero-order valence-electron chi connectivity index (χ0n) is 8.79. The van der Waals surface area contributed by atoms with Crippen LogP contribution in [0.2, 0.25) is 0 Å². The van der Waals surface area contributed by atoms with Gasteiger partial charge in [0.05, 0.1) is 3.79 Å². The molecule has 0 aromatic carbocycles. The normalized spacial score (nSPS) is 22.2. The van der Waals surface area contributed by atoms with Crippen LogP contribution in [0.3, 0.4) is 0 Å². The van der Waals surface area contributed by atoms with Crippen molar-refractivity contribution in [2.24, 2.45) is 4.99 Å². The maximum atomic E-state index is 11.7. The van der Waals surface area contributed by atoms with Crippen molar-refractivity contribution in [3.63, 3.8) is 0 Å². The Balaban J connectivity index is 2.11. The highest BCUT2D eigenvalue weighted by atomic mass is 79.9. The number of aliphatic imine (C=N–C) groups is 1. The molecule has 2 rings (SSSR count). The number of hydrogen-bond acceptors (Lipinski definition) is 3. The van der Waals surface area contributed by atoms with Gasteiger partial charge in [-0.1, -0.05) is 6.92 Å². The van der Waals surface area contributed by atoms with E-state index < -0.39 is 0 Å². The zero-order valence-corrected chi connectivity index (χ0v) is 11.2. The quantitative estimate of drug-likeness (QED) is 0.898. The summed E-state index contributed by atoms with van der Waals surface area (Å²) in [6.07, 6.45) is 0.969. The first-order valence-corrected chi connectivity index (χ1v) is 6.68. The third-order valence-electron chi connectivity index (χ3n) is 2.16. The minimum Gasteiger partial charge on any atom is -0.340 e. The molecule has 0 spiro atoms. The number of nitrogens with one attached hydrogen (secondary N) is 2. The fraction of sp³-hybridized carbons (Fsp3) is 0.400. The monoisotopic (exact) mass is 301 g/mol. The van der Waals surface area contributed by atoms with E-state index in [1.54, 1.807) is 11.3 Å². The summed E-state index contributed by atoms with van der Waals surface area (Å²) < 4.78 is 1.02. The second-order valence-electron chi connectivity index (χ2n) is 3.44. The van der Waals surface area contributed by atoms with Gasteiger partial charge in [-0.2, -0.15) is 0 Å². The molecule has 1 saturated heterocycles. The summed E-state index contributed by atoms with van der Waals surface area (Å²) in [7, 11) is 0. The first kappa shape index (κ1) is 11.6. The number of thiophene rings is 1. The molecule has 0 saturated carbocycles. The Morgan fingerprint density at radius 2 is 2.38 bits per heavy atom. The Hall–Kier alpha value is -0.880. The molecule has 0 bridgehead atoms. The van der Waals surface area contributed by atoms with Crippen LogP contribution in [-0.4, -0.2) is 18.4 Å². The number of carbonyl (C=O) groups excluding carboxylic acids is 1. The van der Waals surface area contributed by atoms with E-state index in [0.29, 0.717) is 5.96 Å². The molecule has 0 aliphatic carbocycles. The molecular weight excluding hydrogens is 290 g/mol. The van der Waals surface area contributed by atoms with Crippen molar-refractivity contribution in [1.29, 1.82) is 0 Å².